The SMILES string of the molecule is CC[C@H](C)[C@H](NC(=O)OC(C)(C)C)C(=O)ON=C(N)c1ccc(OCCCN2CCC(COc3ccc(C(N)=NOC(=O)[C@@H](NC(=O)OC(C)(C)C)[C@@H](C)CC)c(F)c3)CC2)cc1. The van der Waals surface area contributed by atoms with Gasteiger partial charge in [0.1, 0.15) is 40.6 Å². The molecule has 0 unspecified atom stereocenters. The zero-order chi connectivity index (χ0) is 46.9. The van der Waals surface area contributed by atoms with E-state index in [0.29, 0.717) is 49.0 Å². The first-order valence-corrected chi connectivity index (χ1v) is 21.5. The third-order valence-corrected chi connectivity index (χ3v) is 10.2. The molecule has 1 aliphatic heterocycles. The van der Waals surface area contributed by atoms with Crippen LogP contribution >= 0.6 is 0 Å². The minimum absolute atomic E-state index is 0.00888. The topological polar surface area (TPSA) is 228 Å². The van der Waals surface area contributed by atoms with Crippen LogP contribution in [0.25, 0.3) is 0 Å². The van der Waals surface area contributed by atoms with Crippen LogP contribution in [0.3, 0.4) is 0 Å². The van der Waals surface area contributed by atoms with E-state index in [9.17, 15) is 19.2 Å². The molecule has 6 N–H and O–H groups in total. The van der Waals surface area contributed by atoms with Gasteiger partial charge in [-0.25, -0.2) is 23.6 Å². The van der Waals surface area contributed by atoms with E-state index in [-0.39, 0.29) is 29.1 Å². The molecular weight excluding hydrogens is 818 g/mol. The third-order valence-electron chi connectivity index (χ3n) is 10.2. The molecule has 2 aromatic rings. The van der Waals surface area contributed by atoms with E-state index in [1.165, 1.54) is 12.1 Å². The van der Waals surface area contributed by atoms with Crippen molar-refractivity contribution in [2.24, 2.45) is 39.5 Å². The van der Waals surface area contributed by atoms with Crippen molar-refractivity contribution in [2.75, 3.05) is 32.8 Å². The highest BCUT2D eigenvalue weighted by Crippen LogP contribution is 2.23. The fourth-order valence-electron chi connectivity index (χ4n) is 6.20. The number of ether oxygens (including phenoxy) is 4. The molecule has 17 nitrogen and oxygen atoms in total. The van der Waals surface area contributed by atoms with Crippen LogP contribution in [0.15, 0.2) is 52.8 Å². The number of likely N-dealkylation sites (tertiary alicyclic amines) is 1. The number of halogens is 1. The van der Waals surface area contributed by atoms with Gasteiger partial charge in [-0.05, 0) is 128 Å². The summed E-state index contributed by atoms with van der Waals surface area (Å²) in [6.07, 6.45) is 2.31. The minimum atomic E-state index is -1.05. The number of carbonyl (C=O) groups excluding carboxylic acids is 4. The van der Waals surface area contributed by atoms with E-state index >= 15 is 4.39 Å². The molecule has 0 aromatic heterocycles. The number of carbonyl (C=O) groups is 4. The molecule has 18 heteroatoms. The van der Waals surface area contributed by atoms with Gasteiger partial charge < -0.3 is 55.6 Å². The van der Waals surface area contributed by atoms with Gasteiger partial charge in [-0.1, -0.05) is 50.8 Å². The number of amidine groups is 2. The molecule has 0 bridgehead atoms. The molecule has 0 spiro atoms. The van der Waals surface area contributed by atoms with E-state index < -0.39 is 53.2 Å². The molecule has 1 saturated heterocycles. The smallest absolute Gasteiger partial charge is 0.408 e. The monoisotopic (exact) mass is 886 g/mol. The average Bonchev–Trinajstić information content (AvgIpc) is 3.22. The first-order chi connectivity index (χ1) is 29.6. The van der Waals surface area contributed by atoms with Crippen LogP contribution < -0.4 is 31.6 Å². The third kappa shape index (κ3) is 18.3. The van der Waals surface area contributed by atoms with Gasteiger partial charge >= 0.3 is 24.1 Å². The van der Waals surface area contributed by atoms with Crippen molar-refractivity contribution in [3.63, 3.8) is 0 Å². The van der Waals surface area contributed by atoms with Gasteiger partial charge in [0.2, 0.25) is 0 Å². The summed E-state index contributed by atoms with van der Waals surface area (Å²) in [5.41, 5.74) is 11.0. The molecule has 0 aliphatic carbocycles. The second-order valence-electron chi connectivity index (χ2n) is 17.8. The number of rotatable bonds is 20. The van der Waals surface area contributed by atoms with E-state index in [2.05, 4.69) is 25.8 Å². The fourth-order valence-corrected chi connectivity index (χ4v) is 6.20. The second kappa shape index (κ2) is 24.3. The molecule has 2 aromatic carbocycles. The number of oxime groups is 2. The predicted octanol–water partition coefficient (Wildman–Crippen LogP) is 6.59. The highest BCUT2D eigenvalue weighted by atomic mass is 19.1. The molecule has 3 rings (SSSR count). The molecule has 2 amide bonds. The molecule has 0 saturated carbocycles. The Morgan fingerprint density at radius 2 is 1.25 bits per heavy atom. The van der Waals surface area contributed by atoms with Gasteiger partial charge in [-0.2, -0.15) is 0 Å². The van der Waals surface area contributed by atoms with Crippen LogP contribution in [0, 0.1) is 23.6 Å². The Kier molecular flexibility index (Phi) is 19.9. The Hall–Kier alpha value is -5.65. The first kappa shape index (κ1) is 51.7. The number of alkyl carbamates (subject to hydrolysis) is 2. The van der Waals surface area contributed by atoms with Gasteiger partial charge in [-0.3, -0.25) is 0 Å². The highest BCUT2D eigenvalue weighted by molar-refractivity contribution is 5.98. The van der Waals surface area contributed by atoms with Gasteiger partial charge in [0.25, 0.3) is 0 Å². The first-order valence-electron chi connectivity index (χ1n) is 21.5. The molecule has 0 radical (unpaired) electrons. The number of nitrogens with two attached hydrogens (primary N) is 2. The maximum absolute atomic E-state index is 15.1. The van der Waals surface area contributed by atoms with Crippen molar-refractivity contribution in [1.82, 2.24) is 15.5 Å². The predicted molar refractivity (Wildman–Crippen MR) is 236 cm³/mol. The number of benzene rings is 2. The van der Waals surface area contributed by atoms with E-state index in [4.69, 9.17) is 40.1 Å². The minimum Gasteiger partial charge on any atom is -0.494 e. The summed E-state index contributed by atoms with van der Waals surface area (Å²) >= 11 is 0. The summed E-state index contributed by atoms with van der Waals surface area (Å²) in [6.45, 7) is 21.2. The number of hydrogen-bond donors (Lipinski definition) is 4. The number of nitrogens with one attached hydrogen (secondary N) is 2. The molecule has 1 fully saturated rings. The lowest BCUT2D eigenvalue weighted by molar-refractivity contribution is -0.148. The Balaban J connectivity index is 1.39. The van der Waals surface area contributed by atoms with Crippen molar-refractivity contribution in [3.05, 3.63) is 59.4 Å². The maximum Gasteiger partial charge on any atom is 0.408 e. The number of hydrogen-bond acceptors (Lipinski definition) is 13. The van der Waals surface area contributed by atoms with E-state index in [1.54, 1.807) is 78.8 Å². The molecule has 1 aliphatic rings. The Morgan fingerprint density at radius 3 is 1.73 bits per heavy atom. The fraction of sp³-hybridized carbons (Fsp3) is 0.600. The van der Waals surface area contributed by atoms with Crippen LogP contribution in [0.2, 0.25) is 0 Å². The van der Waals surface area contributed by atoms with E-state index in [1.807, 2.05) is 20.8 Å². The number of piperidine rings is 1. The average molecular weight is 886 g/mol. The number of amides is 2. The van der Waals surface area contributed by atoms with Crippen LogP contribution in [0.5, 0.6) is 11.5 Å². The maximum atomic E-state index is 15.1. The highest BCUT2D eigenvalue weighted by Gasteiger charge is 2.32. The summed E-state index contributed by atoms with van der Waals surface area (Å²) in [5.74, 6) is -1.91. The standard InChI is InChI=1S/C45H68FN7O10/c1-11-28(3)36(49-42(56)60-44(5,6)7)40(54)62-51-38(47)31-14-16-32(17-15-31)58-25-13-22-53-23-20-30(21-24-53)27-59-33-18-19-34(35(46)26-33)39(48)52-63-41(55)37(29(4)12-2)50-43(57)61-45(8,9)10/h14-19,26,28-30,36-37H,11-13,20-25,27H2,1-10H3,(H2,47,51)(H2,48,52)(H,49,56)(H,50,57)/t28-,29-,36-,37-/m0/s1. The summed E-state index contributed by atoms with van der Waals surface area (Å²) in [6, 6.07) is 9.13. The summed E-state index contributed by atoms with van der Waals surface area (Å²) in [5, 5.41) is 12.5. The van der Waals surface area contributed by atoms with Crippen LogP contribution in [-0.4, -0.2) is 96.8 Å². The van der Waals surface area contributed by atoms with E-state index in [0.717, 1.165) is 38.9 Å². The molecule has 1 heterocycles. The molecule has 4 atom stereocenters. The Morgan fingerprint density at radius 1 is 0.762 bits per heavy atom. The molecule has 350 valence electrons. The van der Waals surface area contributed by atoms with Crippen LogP contribution in [-0.2, 0) is 28.7 Å². The van der Waals surface area contributed by atoms with Gasteiger partial charge in [0.15, 0.2) is 11.7 Å². The van der Waals surface area contributed by atoms with Crippen LogP contribution in [0.4, 0.5) is 14.0 Å². The second-order valence-corrected chi connectivity index (χ2v) is 17.8. The normalized spacial score (nSPS) is 16.2. The van der Waals surface area contributed by atoms with Gasteiger partial charge in [-0.15, -0.1) is 0 Å². The lowest BCUT2D eigenvalue weighted by atomic mass is 9.97. The Bertz CT molecular complexity index is 1870. The van der Waals surface area contributed by atoms with Crippen molar-refractivity contribution >= 4 is 35.8 Å². The summed E-state index contributed by atoms with van der Waals surface area (Å²) < 4.78 is 37.5. The van der Waals surface area contributed by atoms with Crippen molar-refractivity contribution < 1.29 is 52.2 Å². The molecular formula is C45H68FN7O10. The van der Waals surface area contributed by atoms with Gasteiger partial charge in [0, 0.05) is 18.2 Å². The largest absolute Gasteiger partial charge is 0.494 e. The number of nitrogens with zero attached hydrogens (tertiary/aromatic N) is 3. The van der Waals surface area contributed by atoms with Crippen LogP contribution in [0.1, 0.15) is 112 Å². The quantitative estimate of drug-likeness (QED) is 0.0362. The zero-order valence-corrected chi connectivity index (χ0v) is 38.5. The summed E-state index contributed by atoms with van der Waals surface area (Å²) in [4.78, 5) is 62.7. The van der Waals surface area contributed by atoms with Gasteiger partial charge in [0.05, 0.1) is 18.8 Å². The zero-order valence-electron chi connectivity index (χ0n) is 38.5. The van der Waals surface area contributed by atoms with Crippen molar-refractivity contribution in [1.29, 1.82) is 0 Å². The lowest BCUT2D eigenvalue weighted by Gasteiger charge is -2.31. The van der Waals surface area contributed by atoms with Crippen molar-refractivity contribution in [2.45, 2.75) is 125 Å². The summed E-state index contributed by atoms with van der Waals surface area (Å²) in [7, 11) is 0. The Labute approximate surface area is 370 Å². The van der Waals surface area contributed by atoms with Crippen molar-refractivity contribution in [3.8, 4) is 11.5 Å². The molecule has 63 heavy (non-hydrogen) atoms. The lowest BCUT2D eigenvalue weighted by Crippen LogP contribution is -2.47.